The van der Waals surface area contributed by atoms with Gasteiger partial charge < -0.3 is 20.1 Å². The molecule has 2 N–H and O–H groups in total. The highest BCUT2D eigenvalue weighted by atomic mass is 32.1. The molecule has 1 fully saturated rings. The standard InChI is InChI=1S/C20H21N3O3S/c1-26-14-6-7-16-18(12-14)27-20(22-16)23-10-8-13(9-11-23)19(25)21-15-4-2-3-5-17(15)24/h2-7,12-13,24H,8-11H2,1H3,(H,21,25). The molecule has 140 valence electrons. The molecule has 27 heavy (non-hydrogen) atoms. The number of ether oxygens (including phenoxy) is 1. The zero-order valence-corrected chi connectivity index (χ0v) is 15.8. The molecule has 0 bridgehead atoms. The molecule has 0 spiro atoms. The van der Waals surface area contributed by atoms with Crippen molar-refractivity contribution in [3.05, 3.63) is 42.5 Å². The van der Waals surface area contributed by atoms with Gasteiger partial charge in [-0.1, -0.05) is 23.5 Å². The van der Waals surface area contributed by atoms with E-state index in [1.807, 2.05) is 18.2 Å². The fourth-order valence-electron chi connectivity index (χ4n) is 3.30. The zero-order valence-electron chi connectivity index (χ0n) is 15.0. The monoisotopic (exact) mass is 383 g/mol. The lowest BCUT2D eigenvalue weighted by Gasteiger charge is -2.31. The molecular weight excluding hydrogens is 362 g/mol. The Morgan fingerprint density at radius 3 is 2.78 bits per heavy atom. The summed E-state index contributed by atoms with van der Waals surface area (Å²) < 4.78 is 6.38. The summed E-state index contributed by atoms with van der Waals surface area (Å²) in [5, 5.41) is 13.6. The third kappa shape index (κ3) is 3.68. The topological polar surface area (TPSA) is 74.7 Å². The Morgan fingerprint density at radius 2 is 2.04 bits per heavy atom. The van der Waals surface area contributed by atoms with Crippen LogP contribution in [-0.2, 0) is 4.79 Å². The van der Waals surface area contributed by atoms with Gasteiger partial charge in [0.1, 0.15) is 11.5 Å². The Balaban J connectivity index is 1.40. The number of methoxy groups -OCH3 is 1. The number of benzene rings is 2. The van der Waals surface area contributed by atoms with E-state index < -0.39 is 0 Å². The Bertz CT molecular complexity index is 964. The van der Waals surface area contributed by atoms with Gasteiger partial charge in [0.25, 0.3) is 0 Å². The largest absolute Gasteiger partial charge is 0.506 e. The van der Waals surface area contributed by atoms with Gasteiger partial charge in [-0.15, -0.1) is 0 Å². The molecular formula is C20H21N3O3S. The molecule has 1 aromatic heterocycles. The van der Waals surface area contributed by atoms with Gasteiger partial charge in [0, 0.05) is 19.0 Å². The van der Waals surface area contributed by atoms with Gasteiger partial charge >= 0.3 is 0 Å². The number of anilines is 2. The van der Waals surface area contributed by atoms with Crippen LogP contribution in [0.2, 0.25) is 0 Å². The Kier molecular flexibility index (Phi) is 4.85. The molecule has 1 saturated heterocycles. The van der Waals surface area contributed by atoms with E-state index in [-0.39, 0.29) is 17.6 Å². The number of phenols is 1. The number of rotatable bonds is 4. The van der Waals surface area contributed by atoms with Crippen LogP contribution in [0.1, 0.15) is 12.8 Å². The average Bonchev–Trinajstić information content (AvgIpc) is 3.13. The fraction of sp³-hybridized carbons (Fsp3) is 0.300. The van der Waals surface area contributed by atoms with Crippen LogP contribution in [0.4, 0.5) is 10.8 Å². The van der Waals surface area contributed by atoms with Crippen molar-refractivity contribution in [2.75, 3.05) is 30.4 Å². The molecule has 2 heterocycles. The molecule has 0 radical (unpaired) electrons. The smallest absolute Gasteiger partial charge is 0.227 e. The predicted molar refractivity (Wildman–Crippen MR) is 108 cm³/mol. The second-order valence-electron chi connectivity index (χ2n) is 6.60. The molecule has 0 aliphatic carbocycles. The van der Waals surface area contributed by atoms with Crippen LogP contribution in [0, 0.1) is 5.92 Å². The molecule has 2 aromatic carbocycles. The first-order valence-corrected chi connectivity index (χ1v) is 9.74. The molecule has 6 nitrogen and oxygen atoms in total. The van der Waals surface area contributed by atoms with Crippen molar-refractivity contribution >= 4 is 38.3 Å². The summed E-state index contributed by atoms with van der Waals surface area (Å²) >= 11 is 1.65. The summed E-state index contributed by atoms with van der Waals surface area (Å²) in [6.45, 7) is 1.58. The van der Waals surface area contributed by atoms with Crippen LogP contribution in [0.3, 0.4) is 0 Å². The number of thiazole rings is 1. The number of nitrogens with one attached hydrogen (secondary N) is 1. The number of carbonyl (C=O) groups excluding carboxylic acids is 1. The van der Waals surface area contributed by atoms with Gasteiger partial charge in [0.15, 0.2) is 5.13 Å². The minimum Gasteiger partial charge on any atom is -0.506 e. The minimum absolute atomic E-state index is 0.0369. The van der Waals surface area contributed by atoms with E-state index >= 15 is 0 Å². The summed E-state index contributed by atoms with van der Waals surface area (Å²) in [7, 11) is 1.66. The van der Waals surface area contributed by atoms with Crippen LogP contribution >= 0.6 is 11.3 Å². The molecule has 0 saturated carbocycles. The third-order valence-corrected chi connectivity index (χ3v) is 5.96. The molecule has 0 atom stereocenters. The lowest BCUT2D eigenvalue weighted by Crippen LogP contribution is -2.38. The molecule has 4 rings (SSSR count). The second-order valence-corrected chi connectivity index (χ2v) is 7.61. The number of para-hydroxylation sites is 2. The number of amides is 1. The molecule has 1 aliphatic rings. The number of aromatic hydroxyl groups is 1. The number of carbonyl (C=O) groups is 1. The first-order valence-electron chi connectivity index (χ1n) is 8.92. The van der Waals surface area contributed by atoms with Crippen LogP contribution in [0.25, 0.3) is 10.2 Å². The van der Waals surface area contributed by atoms with Crippen LogP contribution in [0.5, 0.6) is 11.5 Å². The SMILES string of the molecule is COc1ccc2nc(N3CCC(C(=O)Nc4ccccc4O)CC3)sc2c1. The normalized spacial score (nSPS) is 15.1. The van der Waals surface area contributed by atoms with E-state index in [0.29, 0.717) is 5.69 Å². The number of hydrogen-bond donors (Lipinski definition) is 2. The van der Waals surface area contributed by atoms with Crippen LogP contribution in [0.15, 0.2) is 42.5 Å². The lowest BCUT2D eigenvalue weighted by atomic mass is 9.96. The van der Waals surface area contributed by atoms with Crippen LogP contribution < -0.4 is 15.0 Å². The Morgan fingerprint density at radius 1 is 1.26 bits per heavy atom. The fourth-order valence-corrected chi connectivity index (χ4v) is 4.35. The van der Waals surface area contributed by atoms with E-state index in [4.69, 9.17) is 9.72 Å². The number of nitrogens with zero attached hydrogens (tertiary/aromatic N) is 2. The van der Waals surface area contributed by atoms with Gasteiger partial charge in [-0.25, -0.2) is 4.98 Å². The third-order valence-electron chi connectivity index (χ3n) is 4.88. The number of piperidine rings is 1. The average molecular weight is 383 g/mol. The molecule has 7 heteroatoms. The van der Waals surface area contributed by atoms with E-state index in [9.17, 15) is 9.90 Å². The van der Waals surface area contributed by atoms with Gasteiger partial charge in [-0.3, -0.25) is 4.79 Å². The van der Waals surface area contributed by atoms with E-state index in [1.165, 1.54) is 0 Å². The van der Waals surface area contributed by atoms with Gasteiger partial charge in [-0.2, -0.15) is 0 Å². The summed E-state index contributed by atoms with van der Waals surface area (Å²) in [4.78, 5) is 19.5. The van der Waals surface area contributed by atoms with Crippen molar-refractivity contribution in [1.82, 2.24) is 4.98 Å². The van der Waals surface area contributed by atoms with Gasteiger partial charge in [-0.05, 0) is 43.2 Å². The predicted octanol–water partition coefficient (Wildman–Crippen LogP) is 3.87. The summed E-state index contributed by atoms with van der Waals surface area (Å²) in [5.74, 6) is 0.825. The summed E-state index contributed by atoms with van der Waals surface area (Å²) in [5.41, 5.74) is 1.43. The van der Waals surface area contributed by atoms with Crippen LogP contribution in [-0.4, -0.2) is 36.2 Å². The lowest BCUT2D eigenvalue weighted by molar-refractivity contribution is -0.120. The maximum absolute atomic E-state index is 12.5. The quantitative estimate of drug-likeness (QED) is 0.669. The maximum Gasteiger partial charge on any atom is 0.227 e. The highest BCUT2D eigenvalue weighted by Crippen LogP contribution is 2.33. The zero-order chi connectivity index (χ0) is 18.8. The maximum atomic E-state index is 12.5. The van der Waals surface area contributed by atoms with Crippen molar-refractivity contribution in [2.45, 2.75) is 12.8 Å². The van der Waals surface area contributed by atoms with Crippen molar-refractivity contribution in [3.8, 4) is 11.5 Å². The summed E-state index contributed by atoms with van der Waals surface area (Å²) in [6.07, 6.45) is 1.53. The van der Waals surface area contributed by atoms with Crippen molar-refractivity contribution in [1.29, 1.82) is 0 Å². The van der Waals surface area contributed by atoms with Gasteiger partial charge in [0.05, 0.1) is 23.0 Å². The van der Waals surface area contributed by atoms with E-state index in [1.54, 1.807) is 42.7 Å². The first-order chi connectivity index (χ1) is 13.1. The first kappa shape index (κ1) is 17.6. The number of aromatic nitrogens is 1. The highest BCUT2D eigenvalue weighted by molar-refractivity contribution is 7.22. The highest BCUT2D eigenvalue weighted by Gasteiger charge is 2.27. The Labute approximate surface area is 161 Å². The Hall–Kier alpha value is -2.80. The molecule has 1 amide bonds. The minimum atomic E-state index is -0.0599. The number of phenolic OH excluding ortho intramolecular Hbond substituents is 1. The molecule has 1 aliphatic heterocycles. The van der Waals surface area contributed by atoms with Crippen molar-refractivity contribution in [3.63, 3.8) is 0 Å². The van der Waals surface area contributed by atoms with E-state index in [2.05, 4.69) is 10.2 Å². The second kappa shape index (κ2) is 7.44. The number of fused-ring (bicyclic) bond motifs is 1. The van der Waals surface area contributed by atoms with Crippen molar-refractivity contribution in [2.24, 2.45) is 5.92 Å². The molecule has 0 unspecified atom stereocenters. The van der Waals surface area contributed by atoms with E-state index in [0.717, 1.165) is 47.0 Å². The summed E-state index contributed by atoms with van der Waals surface area (Å²) in [6, 6.07) is 12.7. The van der Waals surface area contributed by atoms with Crippen molar-refractivity contribution < 1.29 is 14.6 Å². The van der Waals surface area contributed by atoms with Gasteiger partial charge in [0.2, 0.25) is 5.91 Å². The number of hydrogen-bond acceptors (Lipinski definition) is 6. The molecule has 3 aromatic rings.